The monoisotopic (exact) mass is 373 g/mol. The van der Waals surface area contributed by atoms with Gasteiger partial charge < -0.3 is 25.0 Å². The molecule has 2 aromatic rings. The van der Waals surface area contributed by atoms with Gasteiger partial charge in [0.2, 0.25) is 4.73 Å². The topological polar surface area (TPSA) is 115 Å². The second-order valence-corrected chi connectivity index (χ2v) is 5.56. The number of halogens is 1. The van der Waals surface area contributed by atoms with Crippen LogP contribution in [0.3, 0.4) is 0 Å². The van der Waals surface area contributed by atoms with Gasteiger partial charge in [-0.2, -0.15) is 0 Å². The average Bonchev–Trinajstić information content (AvgIpc) is 3.06. The maximum absolute atomic E-state index is 10.4. The van der Waals surface area contributed by atoms with Crippen molar-refractivity contribution in [2.24, 2.45) is 0 Å². The number of aliphatic hydroxyl groups excluding tert-OH is 2. The molecule has 0 spiro atoms. The number of nitrogens with one attached hydrogen (secondary N) is 1. The van der Waals surface area contributed by atoms with Crippen LogP contribution in [0.2, 0.25) is 0 Å². The van der Waals surface area contributed by atoms with Crippen molar-refractivity contribution in [3.05, 3.63) is 11.1 Å². The Morgan fingerprint density at radius 3 is 2.86 bits per heavy atom. The molecule has 1 fully saturated rings. The van der Waals surface area contributed by atoms with Gasteiger partial charge in [0, 0.05) is 14.2 Å². The van der Waals surface area contributed by atoms with E-state index in [-0.39, 0.29) is 6.61 Å². The molecule has 0 aliphatic carbocycles. The van der Waals surface area contributed by atoms with Gasteiger partial charge in [-0.25, -0.2) is 15.0 Å². The summed E-state index contributed by atoms with van der Waals surface area (Å²) in [6.45, 7) is -0.251. The molecule has 3 rings (SSSR count). The fourth-order valence-corrected chi connectivity index (χ4v) is 2.98. The third kappa shape index (κ3) is 2.36. The normalized spacial score (nSPS) is 28.4. The maximum Gasteiger partial charge on any atom is 0.200 e. The summed E-state index contributed by atoms with van der Waals surface area (Å²) in [5.41, 5.74) is 1.06. The van der Waals surface area contributed by atoms with Crippen molar-refractivity contribution in [1.82, 2.24) is 19.5 Å². The molecule has 0 unspecified atom stereocenters. The van der Waals surface area contributed by atoms with Gasteiger partial charge in [0.25, 0.3) is 0 Å². The number of aliphatic hydroxyl groups is 2. The summed E-state index contributed by atoms with van der Waals surface area (Å²) in [6, 6.07) is 0. The summed E-state index contributed by atoms with van der Waals surface area (Å²) in [5, 5.41) is 22.7. The van der Waals surface area contributed by atoms with Crippen molar-refractivity contribution >= 4 is 32.9 Å². The van der Waals surface area contributed by atoms with Gasteiger partial charge in [-0.1, -0.05) is 0 Å². The minimum Gasteiger partial charge on any atom is -0.394 e. The second kappa shape index (κ2) is 6.05. The number of anilines is 1. The van der Waals surface area contributed by atoms with Crippen LogP contribution in [0.15, 0.2) is 11.1 Å². The lowest BCUT2D eigenvalue weighted by Crippen LogP contribution is -2.35. The van der Waals surface area contributed by atoms with E-state index in [4.69, 9.17) is 9.47 Å². The molecular formula is C12H16BrN5O4. The van der Waals surface area contributed by atoms with E-state index in [0.717, 1.165) is 0 Å². The zero-order chi connectivity index (χ0) is 15.9. The summed E-state index contributed by atoms with van der Waals surface area (Å²) >= 11 is 3.25. The lowest BCUT2D eigenvalue weighted by atomic mass is 10.1. The van der Waals surface area contributed by atoms with Crippen LogP contribution < -0.4 is 5.32 Å². The van der Waals surface area contributed by atoms with Crippen molar-refractivity contribution in [1.29, 1.82) is 0 Å². The Morgan fingerprint density at radius 2 is 2.27 bits per heavy atom. The molecule has 2 aromatic heterocycles. The number of imidazole rings is 1. The molecule has 10 heteroatoms. The average molecular weight is 374 g/mol. The molecule has 1 aliphatic rings. The van der Waals surface area contributed by atoms with E-state index in [1.807, 2.05) is 0 Å². The Hall–Kier alpha value is -1.33. The highest BCUT2D eigenvalue weighted by Crippen LogP contribution is 2.33. The summed E-state index contributed by atoms with van der Waals surface area (Å²) < 4.78 is 12.9. The summed E-state index contributed by atoms with van der Waals surface area (Å²) in [4.78, 5) is 12.8. The van der Waals surface area contributed by atoms with Crippen LogP contribution in [0.5, 0.6) is 0 Å². The van der Waals surface area contributed by atoms with Gasteiger partial charge in [-0.3, -0.25) is 4.57 Å². The molecule has 0 saturated carbocycles. The van der Waals surface area contributed by atoms with Crippen molar-refractivity contribution < 1.29 is 19.7 Å². The zero-order valence-electron chi connectivity index (χ0n) is 12.0. The highest BCUT2D eigenvalue weighted by Gasteiger charge is 2.45. The Labute approximate surface area is 134 Å². The highest BCUT2D eigenvalue weighted by atomic mass is 79.9. The van der Waals surface area contributed by atoms with E-state index >= 15 is 0 Å². The maximum atomic E-state index is 10.4. The molecular weight excluding hydrogens is 358 g/mol. The molecule has 0 radical (unpaired) electrons. The molecule has 0 bridgehead atoms. The van der Waals surface area contributed by atoms with Crippen LogP contribution in [0.1, 0.15) is 6.23 Å². The van der Waals surface area contributed by atoms with Gasteiger partial charge >= 0.3 is 0 Å². The third-order valence-electron chi connectivity index (χ3n) is 3.67. The first kappa shape index (κ1) is 15.6. The summed E-state index contributed by atoms with van der Waals surface area (Å²) in [6.07, 6.45) is -1.42. The number of aromatic nitrogens is 4. The van der Waals surface area contributed by atoms with Gasteiger partial charge in [0.15, 0.2) is 23.2 Å². The van der Waals surface area contributed by atoms with E-state index in [1.54, 1.807) is 11.6 Å². The Morgan fingerprint density at radius 1 is 1.50 bits per heavy atom. The van der Waals surface area contributed by atoms with Gasteiger partial charge in [0.1, 0.15) is 18.3 Å². The molecule has 4 atom stereocenters. The van der Waals surface area contributed by atoms with E-state index in [1.165, 1.54) is 13.4 Å². The second-order valence-electron chi connectivity index (χ2n) is 4.85. The molecule has 1 saturated heterocycles. The highest BCUT2D eigenvalue weighted by molar-refractivity contribution is 9.10. The Bertz CT molecular complexity index is 681. The molecule has 3 N–H and O–H groups in total. The molecule has 0 amide bonds. The van der Waals surface area contributed by atoms with E-state index in [0.29, 0.717) is 21.7 Å². The molecule has 9 nitrogen and oxygen atoms in total. The van der Waals surface area contributed by atoms with E-state index in [9.17, 15) is 10.2 Å². The number of nitrogens with zero attached hydrogens (tertiary/aromatic N) is 4. The van der Waals surface area contributed by atoms with Crippen molar-refractivity contribution in [3.63, 3.8) is 0 Å². The van der Waals surface area contributed by atoms with E-state index in [2.05, 4.69) is 36.2 Å². The van der Waals surface area contributed by atoms with Gasteiger partial charge in [-0.05, 0) is 15.9 Å². The van der Waals surface area contributed by atoms with Crippen LogP contribution in [-0.2, 0) is 9.47 Å². The predicted molar refractivity (Wildman–Crippen MR) is 80.4 cm³/mol. The predicted octanol–water partition coefficient (Wildman–Crippen LogP) is -0.104. The van der Waals surface area contributed by atoms with Crippen LogP contribution in [-0.4, -0.2) is 68.8 Å². The summed E-state index contributed by atoms with van der Waals surface area (Å²) in [7, 11) is 3.20. The first-order valence-corrected chi connectivity index (χ1v) is 7.45. The molecule has 120 valence electrons. The number of hydrogen-bond acceptors (Lipinski definition) is 8. The Balaban J connectivity index is 2.06. The minimum absolute atomic E-state index is 0.251. The molecule has 1 aliphatic heterocycles. The fraction of sp³-hybridized carbons (Fsp3) is 0.583. The van der Waals surface area contributed by atoms with Crippen molar-refractivity contribution in [3.8, 4) is 0 Å². The SMILES string of the molecule is CNc1nc(Br)nc2c1ncn2[C@@H]1O[C@H](CO)[C@@H](OC)[C@H]1O. The molecule has 3 heterocycles. The number of fused-ring (bicyclic) bond motifs is 1. The van der Waals surface area contributed by atoms with Crippen LogP contribution in [0.25, 0.3) is 11.2 Å². The fourth-order valence-electron chi connectivity index (χ4n) is 2.64. The lowest BCUT2D eigenvalue weighted by molar-refractivity contribution is -0.0536. The van der Waals surface area contributed by atoms with Crippen LogP contribution >= 0.6 is 15.9 Å². The van der Waals surface area contributed by atoms with E-state index < -0.39 is 24.5 Å². The van der Waals surface area contributed by atoms with Crippen molar-refractivity contribution in [2.45, 2.75) is 24.5 Å². The smallest absolute Gasteiger partial charge is 0.200 e. The first-order chi connectivity index (χ1) is 10.6. The zero-order valence-corrected chi connectivity index (χ0v) is 13.6. The Kier molecular flexibility index (Phi) is 4.28. The molecule has 22 heavy (non-hydrogen) atoms. The van der Waals surface area contributed by atoms with Crippen LogP contribution in [0, 0.1) is 0 Å². The summed E-state index contributed by atoms with van der Waals surface area (Å²) in [5.74, 6) is 0.560. The standard InChI is InChI=1S/C12H16BrN5O4/c1-14-9-6-10(17-12(13)16-9)18(4-15-6)11-7(20)8(21-2)5(3-19)22-11/h4-5,7-8,11,19-20H,3H2,1-2H3,(H,14,16,17)/t5-,7-,8-,11-/m1/s1. The minimum atomic E-state index is -0.952. The van der Waals surface area contributed by atoms with Gasteiger partial charge in [0.05, 0.1) is 12.9 Å². The number of ether oxygens (including phenoxy) is 2. The molecule has 0 aromatic carbocycles. The number of methoxy groups -OCH3 is 1. The van der Waals surface area contributed by atoms with Crippen molar-refractivity contribution in [2.75, 3.05) is 26.1 Å². The first-order valence-electron chi connectivity index (χ1n) is 6.65. The lowest BCUT2D eigenvalue weighted by Gasteiger charge is -2.18. The quantitative estimate of drug-likeness (QED) is 0.636. The number of rotatable bonds is 4. The van der Waals surface area contributed by atoms with Crippen LogP contribution in [0.4, 0.5) is 5.82 Å². The number of hydrogen-bond donors (Lipinski definition) is 3. The van der Waals surface area contributed by atoms with Gasteiger partial charge in [-0.15, -0.1) is 0 Å². The largest absolute Gasteiger partial charge is 0.394 e. The third-order valence-corrected chi connectivity index (χ3v) is 4.02.